The largest absolute Gasteiger partial charge is 0.495 e. The van der Waals surface area contributed by atoms with Gasteiger partial charge in [-0.3, -0.25) is 9.59 Å². The lowest BCUT2D eigenvalue weighted by Crippen LogP contribution is -2.37. The maximum absolute atomic E-state index is 11.6. The molecule has 3 N–H and O–H groups in total. The fraction of sp³-hybridized carbons (Fsp3) is 0.211. The topological polar surface area (TPSA) is 91.8 Å². The Morgan fingerprint density at radius 3 is 2.58 bits per heavy atom. The number of para-hydroxylation sites is 2. The number of nitrogens with one attached hydrogen (secondary N) is 3. The number of amides is 2. The smallest absolute Gasteiger partial charge is 0.329 e. The Bertz CT molecular complexity index is 818. The summed E-state index contributed by atoms with van der Waals surface area (Å²) in [4.78, 5) is 23.0. The summed E-state index contributed by atoms with van der Waals surface area (Å²) >= 11 is 0. The lowest BCUT2D eigenvalue weighted by atomic mass is 10.1. The number of hydrogen-bond donors (Lipinski definition) is 3. The number of ether oxygens (including phenoxy) is 1. The van der Waals surface area contributed by atoms with Gasteiger partial charge < -0.3 is 15.4 Å². The fourth-order valence-electron chi connectivity index (χ4n) is 2.26. The van der Waals surface area contributed by atoms with Crippen molar-refractivity contribution in [3.05, 3.63) is 53.6 Å². The molecular formula is C19H22N4O3. The summed E-state index contributed by atoms with van der Waals surface area (Å²) in [5, 5.41) is 9.60. The third-order valence-electron chi connectivity index (χ3n) is 3.60. The third-order valence-corrected chi connectivity index (χ3v) is 3.60. The second-order valence-corrected chi connectivity index (χ2v) is 5.42. The Morgan fingerprint density at radius 1 is 1.12 bits per heavy atom. The molecule has 0 aliphatic carbocycles. The van der Waals surface area contributed by atoms with Crippen LogP contribution in [0, 0.1) is 6.92 Å². The van der Waals surface area contributed by atoms with Crippen LogP contribution in [0.5, 0.6) is 5.75 Å². The minimum atomic E-state index is -0.820. The number of hydrazone groups is 1. The minimum Gasteiger partial charge on any atom is -0.495 e. The first kappa shape index (κ1) is 19.0. The van der Waals surface area contributed by atoms with Crippen molar-refractivity contribution in [2.24, 2.45) is 5.10 Å². The number of methoxy groups -OCH3 is 1. The average molecular weight is 354 g/mol. The monoisotopic (exact) mass is 354 g/mol. The second kappa shape index (κ2) is 9.22. The molecule has 0 heterocycles. The van der Waals surface area contributed by atoms with Gasteiger partial charge in [0.2, 0.25) is 0 Å². The summed E-state index contributed by atoms with van der Waals surface area (Å²) in [6, 6.07) is 13.3. The van der Waals surface area contributed by atoms with Crippen molar-refractivity contribution in [2.75, 3.05) is 19.0 Å². The van der Waals surface area contributed by atoms with Crippen LogP contribution in [0.1, 0.15) is 18.1 Å². The molecule has 0 saturated heterocycles. The Hall–Kier alpha value is -3.35. The van der Waals surface area contributed by atoms with E-state index < -0.39 is 11.8 Å². The van der Waals surface area contributed by atoms with Crippen LogP contribution in [-0.2, 0) is 9.59 Å². The molecule has 0 saturated carbocycles. The van der Waals surface area contributed by atoms with E-state index in [1.807, 2.05) is 49.4 Å². The lowest BCUT2D eigenvalue weighted by Gasteiger charge is -2.15. The van der Waals surface area contributed by atoms with Crippen molar-refractivity contribution in [1.82, 2.24) is 10.7 Å². The van der Waals surface area contributed by atoms with Crippen molar-refractivity contribution in [2.45, 2.75) is 13.8 Å². The number of likely N-dealkylation sites (N-methyl/N-ethyl adjacent to an activating group) is 1. The molecule has 7 heteroatoms. The molecule has 0 radical (unpaired) electrons. The van der Waals surface area contributed by atoms with Gasteiger partial charge in [0.15, 0.2) is 0 Å². The molecule has 26 heavy (non-hydrogen) atoms. The van der Waals surface area contributed by atoms with Crippen LogP contribution in [0.2, 0.25) is 0 Å². The SMILES string of the molecule is CCNC(=O)C(=O)N/N=C\c1cccc(OC)c1Nc1ccccc1C. The highest BCUT2D eigenvalue weighted by Crippen LogP contribution is 2.31. The predicted molar refractivity (Wildman–Crippen MR) is 102 cm³/mol. The first-order valence-corrected chi connectivity index (χ1v) is 8.17. The lowest BCUT2D eigenvalue weighted by molar-refractivity contribution is -0.139. The molecule has 7 nitrogen and oxygen atoms in total. The van der Waals surface area contributed by atoms with Gasteiger partial charge in [0, 0.05) is 17.8 Å². The van der Waals surface area contributed by atoms with Crippen LogP contribution in [0.3, 0.4) is 0 Å². The highest BCUT2D eigenvalue weighted by molar-refractivity contribution is 6.35. The Labute approximate surface area is 152 Å². The van der Waals surface area contributed by atoms with E-state index in [4.69, 9.17) is 4.74 Å². The molecule has 2 aromatic rings. The van der Waals surface area contributed by atoms with Gasteiger partial charge in [-0.2, -0.15) is 5.10 Å². The molecular weight excluding hydrogens is 332 g/mol. The zero-order valence-electron chi connectivity index (χ0n) is 15.0. The molecule has 136 valence electrons. The molecule has 0 spiro atoms. The Balaban J connectivity index is 2.23. The molecule has 2 rings (SSSR count). The number of aryl methyl sites for hydroxylation is 1. The summed E-state index contributed by atoms with van der Waals surface area (Å²) in [6.07, 6.45) is 1.46. The average Bonchev–Trinajstić information content (AvgIpc) is 2.64. The molecule has 0 atom stereocenters. The quantitative estimate of drug-likeness (QED) is 0.422. The maximum atomic E-state index is 11.6. The van der Waals surface area contributed by atoms with Crippen molar-refractivity contribution in [3.63, 3.8) is 0 Å². The number of hydrogen-bond acceptors (Lipinski definition) is 5. The summed E-state index contributed by atoms with van der Waals surface area (Å²) in [6.45, 7) is 4.10. The van der Waals surface area contributed by atoms with Crippen LogP contribution in [0.4, 0.5) is 11.4 Å². The molecule has 2 amide bonds. The predicted octanol–water partition coefficient (Wildman–Crippen LogP) is 2.33. The van der Waals surface area contributed by atoms with E-state index in [0.717, 1.165) is 11.3 Å². The summed E-state index contributed by atoms with van der Waals surface area (Å²) in [5.74, 6) is -0.916. The Kier molecular flexibility index (Phi) is 6.73. The van der Waals surface area contributed by atoms with Crippen LogP contribution in [0.15, 0.2) is 47.6 Å². The van der Waals surface area contributed by atoms with Crippen LogP contribution in [0.25, 0.3) is 0 Å². The van der Waals surface area contributed by atoms with E-state index in [-0.39, 0.29) is 0 Å². The van der Waals surface area contributed by atoms with E-state index >= 15 is 0 Å². The van der Waals surface area contributed by atoms with Crippen LogP contribution >= 0.6 is 0 Å². The van der Waals surface area contributed by atoms with Crippen LogP contribution in [-0.4, -0.2) is 31.7 Å². The van der Waals surface area contributed by atoms with Crippen molar-refractivity contribution in [3.8, 4) is 5.75 Å². The van der Waals surface area contributed by atoms with Gasteiger partial charge in [-0.1, -0.05) is 30.3 Å². The van der Waals surface area contributed by atoms with Crippen molar-refractivity contribution in [1.29, 1.82) is 0 Å². The second-order valence-electron chi connectivity index (χ2n) is 5.42. The summed E-state index contributed by atoms with van der Waals surface area (Å²) in [7, 11) is 1.58. The highest BCUT2D eigenvalue weighted by Gasteiger charge is 2.12. The number of carbonyl (C=O) groups is 2. The van der Waals surface area contributed by atoms with E-state index in [1.54, 1.807) is 14.0 Å². The van der Waals surface area contributed by atoms with Gasteiger partial charge in [-0.25, -0.2) is 5.43 Å². The van der Waals surface area contributed by atoms with E-state index in [1.165, 1.54) is 6.21 Å². The van der Waals surface area contributed by atoms with Gasteiger partial charge >= 0.3 is 11.8 Å². The summed E-state index contributed by atoms with van der Waals surface area (Å²) in [5.41, 5.74) is 5.62. The van der Waals surface area contributed by atoms with E-state index in [2.05, 4.69) is 21.2 Å². The first-order valence-electron chi connectivity index (χ1n) is 8.17. The van der Waals surface area contributed by atoms with E-state index in [0.29, 0.717) is 23.5 Å². The fourth-order valence-corrected chi connectivity index (χ4v) is 2.26. The molecule has 0 bridgehead atoms. The molecule has 0 aliphatic heterocycles. The highest BCUT2D eigenvalue weighted by atomic mass is 16.5. The van der Waals surface area contributed by atoms with Crippen molar-refractivity contribution < 1.29 is 14.3 Å². The van der Waals surface area contributed by atoms with Gasteiger partial charge in [0.1, 0.15) is 5.75 Å². The van der Waals surface area contributed by atoms with Gasteiger partial charge in [-0.05, 0) is 31.5 Å². The zero-order chi connectivity index (χ0) is 18.9. The Morgan fingerprint density at radius 2 is 1.88 bits per heavy atom. The number of anilines is 2. The maximum Gasteiger partial charge on any atom is 0.329 e. The molecule has 0 aromatic heterocycles. The zero-order valence-corrected chi connectivity index (χ0v) is 15.0. The number of rotatable bonds is 6. The molecule has 0 unspecified atom stereocenters. The molecule has 0 aliphatic rings. The third kappa shape index (κ3) is 4.83. The van der Waals surface area contributed by atoms with Crippen LogP contribution < -0.4 is 20.8 Å². The molecule has 0 fully saturated rings. The van der Waals surface area contributed by atoms with Gasteiger partial charge in [-0.15, -0.1) is 0 Å². The first-order chi connectivity index (χ1) is 12.6. The van der Waals surface area contributed by atoms with E-state index in [9.17, 15) is 9.59 Å². The number of nitrogens with zero attached hydrogens (tertiary/aromatic N) is 1. The van der Waals surface area contributed by atoms with Gasteiger partial charge in [0.05, 0.1) is 19.0 Å². The summed E-state index contributed by atoms with van der Waals surface area (Å²) < 4.78 is 5.42. The minimum absolute atomic E-state index is 0.371. The number of carbonyl (C=O) groups excluding carboxylic acids is 2. The molecule has 2 aromatic carbocycles. The number of benzene rings is 2. The standard InChI is InChI=1S/C19H22N4O3/c1-4-20-18(24)19(25)23-21-12-14-9-7-11-16(26-3)17(14)22-15-10-6-5-8-13(15)2/h5-12,22H,4H2,1-3H3,(H,20,24)(H,23,25)/b21-12-. The van der Waals surface area contributed by atoms with Crippen molar-refractivity contribution >= 4 is 29.4 Å². The van der Waals surface area contributed by atoms with Gasteiger partial charge in [0.25, 0.3) is 0 Å². The normalized spacial score (nSPS) is 10.4.